The molecule has 1 aromatic heterocycles. The number of amidine groups is 1. The van der Waals surface area contributed by atoms with Crippen molar-refractivity contribution in [3.8, 4) is 11.3 Å². The second-order valence-electron chi connectivity index (χ2n) is 3.97. The van der Waals surface area contributed by atoms with Gasteiger partial charge in [0.1, 0.15) is 6.20 Å². The number of imidazole rings is 1. The van der Waals surface area contributed by atoms with Crippen molar-refractivity contribution in [2.75, 3.05) is 0 Å². The van der Waals surface area contributed by atoms with Gasteiger partial charge in [-0.25, -0.2) is 9.13 Å². The molecule has 0 aliphatic heterocycles. The van der Waals surface area contributed by atoms with Gasteiger partial charge in [-0.2, -0.15) is 0 Å². The third-order valence-corrected chi connectivity index (χ3v) is 2.65. The fourth-order valence-electron chi connectivity index (χ4n) is 1.80. The molecule has 0 spiro atoms. The van der Waals surface area contributed by atoms with Gasteiger partial charge in [0.15, 0.2) is 11.5 Å². The van der Waals surface area contributed by atoms with Crippen LogP contribution in [-0.4, -0.2) is 15.6 Å². The predicted molar refractivity (Wildman–Crippen MR) is 64.5 cm³/mol. The number of hydrogen-bond donors (Lipinski definition) is 2. The van der Waals surface area contributed by atoms with Crippen molar-refractivity contribution in [2.45, 2.75) is 0 Å². The number of benzene rings is 1. The summed E-state index contributed by atoms with van der Waals surface area (Å²) >= 11 is 0. The summed E-state index contributed by atoms with van der Waals surface area (Å²) in [4.78, 5) is 0. The van der Waals surface area contributed by atoms with Crippen LogP contribution >= 0.6 is 0 Å². The molecule has 104 valence electrons. The summed E-state index contributed by atoms with van der Waals surface area (Å²) in [5, 5.41) is 11.5. The van der Waals surface area contributed by atoms with Gasteiger partial charge in [0, 0.05) is 11.1 Å². The second kappa shape index (κ2) is 7.01. The molecule has 0 unspecified atom stereocenters. The molecule has 2 aromatic rings. The van der Waals surface area contributed by atoms with E-state index in [0.29, 0.717) is 5.56 Å². The minimum Gasteiger partial charge on any atom is -1.00 e. The monoisotopic (exact) mass is 301 g/mol. The van der Waals surface area contributed by atoms with Crippen LogP contribution in [0.25, 0.3) is 11.3 Å². The predicted octanol–water partition coefficient (Wildman–Crippen LogP) is -5.38. The molecule has 0 atom stereocenters. The normalized spacial score (nSPS) is 10.5. The van der Waals surface area contributed by atoms with Gasteiger partial charge in [-0.1, -0.05) is 17.3 Å². The first-order valence-electron chi connectivity index (χ1n) is 5.21. The van der Waals surface area contributed by atoms with Crippen molar-refractivity contribution < 1.29 is 34.6 Å². The molecule has 0 amide bonds. The first-order chi connectivity index (χ1) is 8.11. The Bertz CT molecular complexity index is 564. The molecule has 19 heavy (non-hydrogen) atoms. The van der Waals surface area contributed by atoms with E-state index < -0.39 is 0 Å². The average Bonchev–Trinajstić information content (AvgIpc) is 2.68. The zero-order valence-electron chi connectivity index (χ0n) is 10.6. The minimum absolute atomic E-state index is 0. The summed E-state index contributed by atoms with van der Waals surface area (Å²) in [7, 11) is 3.97. The summed E-state index contributed by atoms with van der Waals surface area (Å²) in [6.45, 7) is 0. The first kappa shape index (κ1) is 17.3. The topological polar surface area (TPSA) is 67.4 Å². The van der Waals surface area contributed by atoms with E-state index in [1.54, 1.807) is 0 Å². The fourth-order valence-corrected chi connectivity index (χ4v) is 1.80. The Balaban J connectivity index is 0.00000162. The third kappa shape index (κ3) is 3.62. The minimum atomic E-state index is 0. The summed E-state index contributed by atoms with van der Waals surface area (Å²) in [6, 6.07) is 7.56. The molecule has 1 aromatic carbocycles. The molecule has 0 saturated carbocycles. The van der Waals surface area contributed by atoms with E-state index in [0.717, 1.165) is 11.3 Å². The lowest BCUT2D eigenvalue weighted by molar-refractivity contribution is -0.670. The number of rotatable bonds is 2. The van der Waals surface area contributed by atoms with E-state index in [9.17, 15) is 0 Å². The smallest absolute Gasteiger partial charge is 0.243 e. The van der Waals surface area contributed by atoms with E-state index in [-0.39, 0.29) is 30.6 Å². The Morgan fingerprint density at radius 1 is 1.26 bits per heavy atom. The maximum absolute atomic E-state index is 8.58. The number of oxime groups is 1. The van der Waals surface area contributed by atoms with Crippen molar-refractivity contribution in [1.29, 1.82) is 0 Å². The molecule has 0 aliphatic carbocycles. The Hall–Kier alpha value is -1.72. The molecule has 0 saturated heterocycles. The molecule has 0 aliphatic rings. The van der Waals surface area contributed by atoms with E-state index in [2.05, 4.69) is 5.16 Å². The molecule has 3 N–H and O–H groups in total. The maximum atomic E-state index is 8.58. The number of nitrogens with two attached hydrogens (primary N) is 1. The fraction of sp³-hybridized carbons (Fsp3) is 0.167. The second-order valence-corrected chi connectivity index (χ2v) is 3.97. The molecular formula is C12H15Cl2N4O-. The van der Waals surface area contributed by atoms with Crippen LogP contribution in [0.1, 0.15) is 5.56 Å². The van der Waals surface area contributed by atoms with Crippen LogP contribution in [0.3, 0.4) is 0 Å². The van der Waals surface area contributed by atoms with E-state index >= 15 is 0 Å². The highest BCUT2D eigenvalue weighted by atomic mass is 35.5. The van der Waals surface area contributed by atoms with Crippen LogP contribution in [0.2, 0.25) is 0 Å². The number of aryl methyl sites for hydroxylation is 2. The number of nitrogens with zero attached hydrogens (tertiary/aromatic N) is 3. The van der Waals surface area contributed by atoms with Gasteiger partial charge in [-0.15, -0.1) is 0 Å². The van der Waals surface area contributed by atoms with Crippen LogP contribution < -0.4 is 35.1 Å². The summed E-state index contributed by atoms with van der Waals surface area (Å²) in [5.41, 5.74) is 8.41. The van der Waals surface area contributed by atoms with Crippen LogP contribution in [0.5, 0.6) is 0 Å². The Morgan fingerprint density at radius 3 is 2.26 bits per heavy atom. The lowest BCUT2D eigenvalue weighted by atomic mass is 10.1. The SMILES string of the molecule is Cn1c[n+](C)cc1-c1ccc(/C(N)=N/O)cc1.[Cl-].[Cl-]. The van der Waals surface area contributed by atoms with Gasteiger partial charge in [0.25, 0.3) is 0 Å². The first-order valence-corrected chi connectivity index (χ1v) is 5.21. The van der Waals surface area contributed by atoms with Crippen molar-refractivity contribution >= 4 is 5.84 Å². The average molecular weight is 302 g/mol. The highest BCUT2D eigenvalue weighted by Gasteiger charge is 2.10. The largest absolute Gasteiger partial charge is 1.00 e. The standard InChI is InChI=1S/C12H14N4O.2ClH/c1-15-7-11(16(2)8-15)9-3-5-10(6-4-9)12(13)14-17;;/h3-8H,1-2H3,(H2-,13,14,17);2*1H/p-1. The van der Waals surface area contributed by atoms with E-state index in [1.807, 2.05) is 60.0 Å². The quantitative estimate of drug-likeness (QED) is 0.191. The molecule has 2 rings (SSSR count). The lowest BCUT2D eigenvalue weighted by Gasteiger charge is -2.00. The zero-order valence-corrected chi connectivity index (χ0v) is 12.1. The van der Waals surface area contributed by atoms with Crippen LogP contribution in [0.4, 0.5) is 0 Å². The highest BCUT2D eigenvalue weighted by molar-refractivity contribution is 5.97. The summed E-state index contributed by atoms with van der Waals surface area (Å²) in [5.74, 6) is 0.119. The van der Waals surface area contributed by atoms with Gasteiger partial charge in [-0.05, 0) is 12.1 Å². The lowest BCUT2D eigenvalue weighted by Crippen LogP contribution is -3.00. The molecule has 0 radical (unpaired) electrons. The van der Waals surface area contributed by atoms with Crippen molar-refractivity contribution in [3.05, 3.63) is 42.4 Å². The Labute approximate surface area is 124 Å². The summed E-state index contributed by atoms with van der Waals surface area (Å²) in [6.07, 6.45) is 4.03. The summed E-state index contributed by atoms with van der Waals surface area (Å²) < 4.78 is 4.03. The van der Waals surface area contributed by atoms with Crippen molar-refractivity contribution in [1.82, 2.24) is 4.57 Å². The number of halogens is 2. The number of aromatic nitrogens is 2. The number of hydrogen-bond acceptors (Lipinski definition) is 2. The van der Waals surface area contributed by atoms with Crippen molar-refractivity contribution in [3.63, 3.8) is 0 Å². The molecule has 5 nitrogen and oxygen atoms in total. The maximum Gasteiger partial charge on any atom is 0.243 e. The Morgan fingerprint density at radius 2 is 1.84 bits per heavy atom. The third-order valence-electron chi connectivity index (χ3n) is 2.65. The van der Waals surface area contributed by atoms with Crippen molar-refractivity contribution in [2.24, 2.45) is 25.0 Å². The molecule has 1 heterocycles. The van der Waals surface area contributed by atoms with Crippen LogP contribution in [-0.2, 0) is 14.1 Å². The van der Waals surface area contributed by atoms with E-state index in [1.165, 1.54) is 0 Å². The van der Waals surface area contributed by atoms with Gasteiger partial charge in [0.05, 0.1) is 14.1 Å². The van der Waals surface area contributed by atoms with Gasteiger partial charge in [-0.3, -0.25) is 0 Å². The van der Waals surface area contributed by atoms with Gasteiger partial charge in [0.2, 0.25) is 6.33 Å². The van der Waals surface area contributed by atoms with Gasteiger partial charge >= 0.3 is 0 Å². The Kier molecular flexibility index (Phi) is 6.38. The molecule has 0 fully saturated rings. The molecule has 7 heteroatoms. The zero-order chi connectivity index (χ0) is 12.4. The van der Waals surface area contributed by atoms with E-state index in [4.69, 9.17) is 10.9 Å². The molecule has 0 bridgehead atoms. The highest BCUT2D eigenvalue weighted by Crippen LogP contribution is 2.17. The molecular weight excluding hydrogens is 287 g/mol. The van der Waals surface area contributed by atoms with Crippen LogP contribution in [0, 0.1) is 0 Å². The van der Waals surface area contributed by atoms with Gasteiger partial charge < -0.3 is 35.8 Å². The van der Waals surface area contributed by atoms with Crippen LogP contribution in [0.15, 0.2) is 41.9 Å².